The van der Waals surface area contributed by atoms with Crippen LogP contribution in [0, 0.1) is 0 Å². The van der Waals surface area contributed by atoms with E-state index < -0.39 is 29.5 Å². The molecule has 1 fully saturated rings. The van der Waals surface area contributed by atoms with Gasteiger partial charge in [-0.05, 0) is 49.1 Å². The summed E-state index contributed by atoms with van der Waals surface area (Å²) in [5, 5.41) is 38.3. The zero-order chi connectivity index (χ0) is 28.6. The molecular formula is C27H28F3N7O3. The molecule has 0 aliphatic heterocycles. The lowest BCUT2D eigenvalue weighted by Crippen LogP contribution is -2.35. The van der Waals surface area contributed by atoms with E-state index >= 15 is 0 Å². The predicted molar refractivity (Wildman–Crippen MR) is 140 cm³/mol. The molecule has 1 amide bonds. The van der Waals surface area contributed by atoms with Crippen molar-refractivity contribution < 1.29 is 28.2 Å². The molecule has 0 bridgehead atoms. The summed E-state index contributed by atoms with van der Waals surface area (Å²) in [4.78, 5) is 13.2. The van der Waals surface area contributed by atoms with E-state index in [1.165, 1.54) is 12.1 Å². The van der Waals surface area contributed by atoms with Crippen molar-refractivity contribution in [2.45, 2.75) is 44.1 Å². The van der Waals surface area contributed by atoms with Crippen LogP contribution >= 0.6 is 0 Å². The molecule has 2 aromatic carbocycles. The smallest absolute Gasteiger partial charge is 0.420 e. The van der Waals surface area contributed by atoms with E-state index in [1.807, 2.05) is 0 Å². The van der Waals surface area contributed by atoms with Crippen molar-refractivity contribution in [2.75, 3.05) is 5.32 Å². The maximum atomic E-state index is 13.8. The topological polar surface area (TPSA) is 130 Å². The Hall–Kier alpha value is -4.23. The van der Waals surface area contributed by atoms with Gasteiger partial charge in [-0.25, -0.2) is 0 Å². The number of nitrogens with zero attached hydrogens (tertiary/aromatic N) is 5. The van der Waals surface area contributed by atoms with Gasteiger partial charge in [0, 0.05) is 37.8 Å². The number of amides is 1. The Morgan fingerprint density at radius 1 is 1.18 bits per heavy atom. The minimum atomic E-state index is -4.85. The third kappa shape index (κ3) is 5.42. The van der Waals surface area contributed by atoms with Gasteiger partial charge in [0.1, 0.15) is 6.33 Å². The van der Waals surface area contributed by atoms with Crippen molar-refractivity contribution in [3.05, 3.63) is 65.6 Å². The van der Waals surface area contributed by atoms with E-state index in [0.29, 0.717) is 35.5 Å². The average molecular weight is 556 g/mol. The van der Waals surface area contributed by atoms with Gasteiger partial charge in [0.25, 0.3) is 5.91 Å². The maximum Gasteiger partial charge on any atom is 0.420 e. The average Bonchev–Trinajstić information content (AvgIpc) is 3.63. The molecule has 13 heteroatoms. The summed E-state index contributed by atoms with van der Waals surface area (Å²) in [6.07, 6.45) is -0.0757. The molecule has 4 aromatic rings. The zero-order valence-electron chi connectivity index (χ0n) is 21.8. The van der Waals surface area contributed by atoms with Gasteiger partial charge in [0.2, 0.25) is 0 Å². The van der Waals surface area contributed by atoms with Crippen LogP contribution in [0.15, 0.2) is 48.9 Å². The molecule has 10 nitrogen and oxygen atoms in total. The Balaban J connectivity index is 1.44. The van der Waals surface area contributed by atoms with E-state index in [4.69, 9.17) is 0 Å². The summed E-state index contributed by atoms with van der Waals surface area (Å²) in [5.41, 5.74) is 0.708. The van der Waals surface area contributed by atoms with Crippen molar-refractivity contribution in [1.29, 1.82) is 0 Å². The first-order chi connectivity index (χ1) is 19.0. The van der Waals surface area contributed by atoms with Crippen LogP contribution in [-0.4, -0.2) is 52.8 Å². The molecule has 0 radical (unpaired) electrons. The molecule has 1 aliphatic carbocycles. The summed E-state index contributed by atoms with van der Waals surface area (Å²) in [7, 11) is 3.53. The van der Waals surface area contributed by atoms with Gasteiger partial charge in [-0.1, -0.05) is 12.1 Å². The molecule has 40 heavy (non-hydrogen) atoms. The van der Waals surface area contributed by atoms with Crippen molar-refractivity contribution in [3.8, 4) is 28.4 Å². The molecule has 1 saturated carbocycles. The number of phenols is 1. The van der Waals surface area contributed by atoms with E-state index in [0.717, 1.165) is 12.5 Å². The van der Waals surface area contributed by atoms with Gasteiger partial charge >= 0.3 is 6.18 Å². The Labute approximate surface area is 227 Å². The lowest BCUT2D eigenvalue weighted by Gasteiger charge is -2.19. The first-order valence-corrected chi connectivity index (χ1v) is 12.7. The number of aliphatic hydroxyl groups is 1. The fourth-order valence-electron chi connectivity index (χ4n) is 5.01. The number of aliphatic hydroxyl groups excluding tert-OH is 1. The van der Waals surface area contributed by atoms with Crippen LogP contribution < -0.4 is 10.6 Å². The Morgan fingerprint density at radius 2 is 1.98 bits per heavy atom. The highest BCUT2D eigenvalue weighted by Gasteiger charge is 2.36. The molecule has 5 rings (SSSR count). The first kappa shape index (κ1) is 27.3. The summed E-state index contributed by atoms with van der Waals surface area (Å²) >= 11 is 0. The van der Waals surface area contributed by atoms with Gasteiger partial charge in [-0.2, -0.15) is 18.3 Å². The van der Waals surface area contributed by atoms with Gasteiger partial charge in [-0.3, -0.25) is 9.48 Å². The normalized spacial score (nSPS) is 17.4. The lowest BCUT2D eigenvalue weighted by atomic mass is 10.0. The molecule has 0 unspecified atom stereocenters. The summed E-state index contributed by atoms with van der Waals surface area (Å²) in [5.74, 6) is -1.21. The van der Waals surface area contributed by atoms with E-state index in [2.05, 4.69) is 25.9 Å². The minimum Gasteiger partial charge on any atom is -0.505 e. The minimum absolute atomic E-state index is 0.0226. The van der Waals surface area contributed by atoms with Gasteiger partial charge in [0.15, 0.2) is 11.6 Å². The van der Waals surface area contributed by atoms with E-state index in [-0.39, 0.29) is 29.4 Å². The molecular weight excluding hydrogens is 527 g/mol. The number of anilines is 1. The number of hydrogen-bond donors (Lipinski definition) is 4. The van der Waals surface area contributed by atoms with Crippen molar-refractivity contribution >= 4 is 11.6 Å². The van der Waals surface area contributed by atoms with Crippen LogP contribution in [0.1, 0.15) is 40.7 Å². The summed E-state index contributed by atoms with van der Waals surface area (Å²) in [6.45, 7) is 0.0226. The molecule has 2 atom stereocenters. The number of carbonyl (C=O) groups excluding carboxylic acids is 1. The molecule has 210 valence electrons. The Morgan fingerprint density at radius 3 is 2.65 bits per heavy atom. The highest BCUT2D eigenvalue weighted by molar-refractivity contribution is 6.06. The van der Waals surface area contributed by atoms with Crippen LogP contribution in [0.3, 0.4) is 0 Å². The number of alkyl halides is 3. The highest BCUT2D eigenvalue weighted by atomic mass is 19.4. The lowest BCUT2D eigenvalue weighted by molar-refractivity contribution is -0.138. The van der Waals surface area contributed by atoms with E-state index in [1.54, 1.807) is 54.1 Å². The van der Waals surface area contributed by atoms with Crippen LogP contribution in [0.2, 0.25) is 0 Å². The van der Waals surface area contributed by atoms with Gasteiger partial charge < -0.3 is 25.4 Å². The third-order valence-corrected chi connectivity index (χ3v) is 7.06. The number of aromatic hydroxyl groups is 1. The van der Waals surface area contributed by atoms with Crippen molar-refractivity contribution in [3.63, 3.8) is 0 Å². The number of benzene rings is 2. The highest BCUT2D eigenvalue weighted by Crippen LogP contribution is 2.41. The molecule has 0 saturated heterocycles. The predicted octanol–water partition coefficient (Wildman–Crippen LogP) is 3.86. The van der Waals surface area contributed by atoms with Crippen LogP contribution in [0.4, 0.5) is 18.9 Å². The van der Waals surface area contributed by atoms with Crippen LogP contribution in [0.25, 0.3) is 22.6 Å². The second kappa shape index (κ2) is 10.7. The standard InChI is InChI=1S/C27H28F3N7O3/c1-36-14-32-35-25(36)18-13-33-37(2)23(18)16-5-3-6-17(11-16)26(40)34-21-10-15(9-19(24(21)39)27(28,29)30)12-31-20-7-4-8-22(20)38/h3,5-6,9-11,13-14,20,22,31,38-39H,4,7-8,12H2,1-2H3,(H,34,40)/t20-,22-/m1/s1. The number of aryl methyl sites for hydroxylation is 2. The molecule has 4 N–H and O–H groups in total. The first-order valence-electron chi connectivity index (χ1n) is 12.7. The van der Waals surface area contributed by atoms with Crippen molar-refractivity contribution in [2.24, 2.45) is 14.1 Å². The van der Waals surface area contributed by atoms with Crippen LogP contribution in [-0.2, 0) is 26.8 Å². The fraction of sp³-hybridized carbons (Fsp3) is 0.333. The molecule has 0 spiro atoms. The number of hydrogen-bond acceptors (Lipinski definition) is 7. The second-order valence-electron chi connectivity index (χ2n) is 9.85. The number of aromatic nitrogens is 5. The largest absolute Gasteiger partial charge is 0.505 e. The maximum absolute atomic E-state index is 13.8. The zero-order valence-corrected chi connectivity index (χ0v) is 21.8. The van der Waals surface area contributed by atoms with Gasteiger partial charge in [-0.15, -0.1) is 10.2 Å². The number of halogens is 3. The van der Waals surface area contributed by atoms with Gasteiger partial charge in [0.05, 0.1) is 34.8 Å². The monoisotopic (exact) mass is 555 g/mol. The Kier molecular flexibility index (Phi) is 7.34. The molecule has 2 heterocycles. The molecule has 2 aromatic heterocycles. The van der Waals surface area contributed by atoms with Crippen molar-refractivity contribution in [1.82, 2.24) is 29.9 Å². The molecule has 1 aliphatic rings. The Bertz CT molecular complexity index is 1550. The number of rotatable bonds is 7. The quantitative estimate of drug-likeness (QED) is 0.255. The SMILES string of the molecule is Cn1cnnc1-c1cnn(C)c1-c1cccc(C(=O)Nc2cc(CN[C@@H]3CCC[C@H]3O)cc(C(F)(F)F)c2O)c1. The number of nitrogens with one attached hydrogen (secondary N) is 2. The number of phenolic OH excluding ortho intramolecular Hbond substituents is 1. The van der Waals surface area contributed by atoms with Crippen LogP contribution in [0.5, 0.6) is 5.75 Å². The second-order valence-corrected chi connectivity index (χ2v) is 9.85. The third-order valence-electron chi connectivity index (χ3n) is 7.06. The summed E-state index contributed by atoms with van der Waals surface area (Å²) < 4.78 is 44.6. The fourth-order valence-corrected chi connectivity index (χ4v) is 5.01. The van der Waals surface area contributed by atoms with E-state index in [9.17, 15) is 28.2 Å². The number of carbonyl (C=O) groups is 1. The summed E-state index contributed by atoms with van der Waals surface area (Å²) in [6, 6.07) is 8.43.